The van der Waals surface area contributed by atoms with Crippen molar-refractivity contribution in [1.82, 2.24) is 10.2 Å². The van der Waals surface area contributed by atoms with Gasteiger partial charge in [-0.25, -0.2) is 0 Å². The van der Waals surface area contributed by atoms with Gasteiger partial charge < -0.3 is 5.11 Å². The summed E-state index contributed by atoms with van der Waals surface area (Å²) in [5.41, 5.74) is 0.998. The fraction of sp³-hybridized carbons (Fsp3) is 0.250. The first-order valence-electron chi connectivity index (χ1n) is 5.38. The number of hydrogen-bond donors (Lipinski definition) is 1. The number of carbonyl (C=O) groups is 1. The standard InChI is InChI=1S/C12H12N2O2S2/c1-8-13-14-12(17-8)18-10(7-11(15)16)9-5-3-2-4-6-9/h2-6,10H,7H2,1H3,(H,15,16). The van der Waals surface area contributed by atoms with E-state index in [1.165, 1.54) is 23.1 Å². The van der Waals surface area contributed by atoms with Crippen LogP contribution in [-0.4, -0.2) is 21.3 Å². The van der Waals surface area contributed by atoms with Gasteiger partial charge in [-0.05, 0) is 12.5 Å². The molecule has 2 aromatic rings. The van der Waals surface area contributed by atoms with Crippen LogP contribution in [0.25, 0.3) is 0 Å². The minimum Gasteiger partial charge on any atom is -0.481 e. The molecular weight excluding hydrogens is 268 g/mol. The topological polar surface area (TPSA) is 63.1 Å². The third-order valence-electron chi connectivity index (χ3n) is 2.28. The fourth-order valence-electron chi connectivity index (χ4n) is 1.50. The van der Waals surface area contributed by atoms with Crippen LogP contribution >= 0.6 is 23.1 Å². The Morgan fingerprint density at radius 1 is 1.39 bits per heavy atom. The zero-order chi connectivity index (χ0) is 13.0. The van der Waals surface area contributed by atoms with Crippen molar-refractivity contribution in [2.75, 3.05) is 0 Å². The summed E-state index contributed by atoms with van der Waals surface area (Å²) < 4.78 is 0.808. The minimum atomic E-state index is -0.808. The molecule has 1 aromatic heterocycles. The number of benzene rings is 1. The lowest BCUT2D eigenvalue weighted by Gasteiger charge is -2.12. The van der Waals surface area contributed by atoms with Gasteiger partial charge in [0.15, 0.2) is 4.34 Å². The number of carboxylic acids is 1. The van der Waals surface area contributed by atoms with Crippen molar-refractivity contribution >= 4 is 29.1 Å². The third kappa shape index (κ3) is 3.54. The highest BCUT2D eigenvalue weighted by Crippen LogP contribution is 2.38. The zero-order valence-corrected chi connectivity index (χ0v) is 11.4. The number of rotatable bonds is 5. The number of aromatic nitrogens is 2. The Bertz CT molecular complexity index is 528. The van der Waals surface area contributed by atoms with Gasteiger partial charge in [0, 0.05) is 5.25 Å². The van der Waals surface area contributed by atoms with Crippen LogP contribution in [0.1, 0.15) is 22.2 Å². The second-order valence-corrected chi connectivity index (χ2v) is 6.33. The molecule has 0 amide bonds. The zero-order valence-electron chi connectivity index (χ0n) is 9.74. The van der Waals surface area contributed by atoms with E-state index in [1.807, 2.05) is 37.3 Å². The summed E-state index contributed by atoms with van der Waals surface area (Å²) in [6.45, 7) is 1.89. The molecule has 0 saturated heterocycles. The van der Waals surface area contributed by atoms with Crippen LogP contribution in [0.2, 0.25) is 0 Å². The predicted octanol–water partition coefficient (Wildman–Crippen LogP) is 3.15. The average Bonchev–Trinajstić information content (AvgIpc) is 2.75. The molecule has 0 spiro atoms. The molecular formula is C12H12N2O2S2. The molecule has 94 valence electrons. The summed E-state index contributed by atoms with van der Waals surface area (Å²) in [5.74, 6) is -0.808. The van der Waals surface area contributed by atoms with Crippen molar-refractivity contribution in [3.8, 4) is 0 Å². The maximum Gasteiger partial charge on any atom is 0.304 e. The lowest BCUT2D eigenvalue weighted by Crippen LogP contribution is -2.03. The van der Waals surface area contributed by atoms with E-state index >= 15 is 0 Å². The molecule has 4 nitrogen and oxygen atoms in total. The molecule has 1 N–H and O–H groups in total. The maximum atomic E-state index is 10.9. The predicted molar refractivity (Wildman–Crippen MR) is 71.9 cm³/mol. The summed E-state index contributed by atoms with van der Waals surface area (Å²) in [5, 5.41) is 17.7. The van der Waals surface area contributed by atoms with Gasteiger partial charge in [0.25, 0.3) is 0 Å². The summed E-state index contributed by atoms with van der Waals surface area (Å²) in [6.07, 6.45) is 0.0767. The Kier molecular flexibility index (Phi) is 4.33. The van der Waals surface area contributed by atoms with Gasteiger partial charge in [-0.3, -0.25) is 4.79 Å². The molecule has 1 atom stereocenters. The summed E-state index contributed by atoms with van der Waals surface area (Å²) >= 11 is 2.94. The Hall–Kier alpha value is -1.40. The van der Waals surface area contributed by atoms with E-state index in [1.54, 1.807) is 0 Å². The second-order valence-electron chi connectivity index (χ2n) is 3.70. The number of hydrogen-bond acceptors (Lipinski definition) is 5. The van der Waals surface area contributed by atoms with E-state index < -0.39 is 5.97 Å². The van der Waals surface area contributed by atoms with Crippen LogP contribution in [0.15, 0.2) is 34.7 Å². The summed E-state index contributed by atoms with van der Waals surface area (Å²) in [6, 6.07) is 9.62. The van der Waals surface area contributed by atoms with Gasteiger partial charge in [-0.15, -0.1) is 10.2 Å². The molecule has 0 bridgehead atoms. The van der Waals surface area contributed by atoms with Crippen LogP contribution in [0.5, 0.6) is 0 Å². The molecule has 18 heavy (non-hydrogen) atoms. The van der Waals surface area contributed by atoms with Crippen molar-refractivity contribution in [2.24, 2.45) is 0 Å². The number of aryl methyl sites for hydroxylation is 1. The smallest absolute Gasteiger partial charge is 0.304 e. The monoisotopic (exact) mass is 280 g/mol. The number of carboxylic acid groups (broad SMARTS) is 1. The van der Waals surface area contributed by atoms with E-state index in [-0.39, 0.29) is 11.7 Å². The van der Waals surface area contributed by atoms with Crippen molar-refractivity contribution in [3.05, 3.63) is 40.9 Å². The number of aliphatic carboxylic acids is 1. The average molecular weight is 280 g/mol. The maximum absolute atomic E-state index is 10.9. The Labute approximate surface area is 113 Å². The van der Waals surface area contributed by atoms with E-state index in [9.17, 15) is 4.79 Å². The third-order valence-corrected chi connectivity index (χ3v) is 4.46. The van der Waals surface area contributed by atoms with Crippen LogP contribution in [0.4, 0.5) is 0 Å². The van der Waals surface area contributed by atoms with Crippen LogP contribution in [0, 0.1) is 6.92 Å². The molecule has 0 aliphatic rings. The number of nitrogens with zero attached hydrogens (tertiary/aromatic N) is 2. The minimum absolute atomic E-state index is 0.0767. The number of thioether (sulfide) groups is 1. The van der Waals surface area contributed by atoms with Crippen LogP contribution in [0.3, 0.4) is 0 Å². The molecule has 0 aliphatic heterocycles. The molecule has 0 fully saturated rings. The van der Waals surface area contributed by atoms with Gasteiger partial charge in [-0.2, -0.15) is 0 Å². The first-order valence-corrected chi connectivity index (χ1v) is 7.08. The molecule has 0 radical (unpaired) electrons. The van der Waals surface area contributed by atoms with E-state index in [4.69, 9.17) is 5.11 Å². The first-order chi connectivity index (χ1) is 8.65. The lowest BCUT2D eigenvalue weighted by molar-refractivity contribution is -0.137. The molecule has 2 rings (SSSR count). The van der Waals surface area contributed by atoms with Crippen LogP contribution < -0.4 is 0 Å². The second kappa shape index (κ2) is 5.97. The highest BCUT2D eigenvalue weighted by Gasteiger charge is 2.18. The highest BCUT2D eigenvalue weighted by molar-refractivity contribution is 8.01. The SMILES string of the molecule is Cc1nnc(SC(CC(=O)O)c2ccccc2)s1. The molecule has 0 aliphatic carbocycles. The van der Waals surface area contributed by atoms with Crippen molar-refractivity contribution in [3.63, 3.8) is 0 Å². The van der Waals surface area contributed by atoms with E-state index in [2.05, 4.69) is 10.2 Å². The normalized spacial score (nSPS) is 12.3. The lowest BCUT2D eigenvalue weighted by atomic mass is 10.1. The Balaban J connectivity index is 2.18. The van der Waals surface area contributed by atoms with Gasteiger partial charge >= 0.3 is 5.97 Å². The highest BCUT2D eigenvalue weighted by atomic mass is 32.2. The van der Waals surface area contributed by atoms with E-state index in [0.717, 1.165) is 14.9 Å². The molecule has 0 saturated carbocycles. The first kappa shape index (κ1) is 13.0. The Morgan fingerprint density at radius 2 is 2.11 bits per heavy atom. The van der Waals surface area contributed by atoms with Gasteiger partial charge in [0.2, 0.25) is 0 Å². The van der Waals surface area contributed by atoms with Crippen molar-refractivity contribution in [1.29, 1.82) is 0 Å². The molecule has 1 unspecified atom stereocenters. The van der Waals surface area contributed by atoms with Gasteiger partial charge in [-0.1, -0.05) is 53.4 Å². The molecule has 1 heterocycles. The fourth-order valence-corrected chi connectivity index (χ4v) is 3.67. The van der Waals surface area contributed by atoms with Gasteiger partial charge in [0.1, 0.15) is 5.01 Å². The quantitative estimate of drug-likeness (QED) is 0.852. The molecule has 1 aromatic carbocycles. The van der Waals surface area contributed by atoms with Gasteiger partial charge in [0.05, 0.1) is 6.42 Å². The van der Waals surface area contributed by atoms with Crippen molar-refractivity contribution in [2.45, 2.75) is 22.9 Å². The van der Waals surface area contributed by atoms with E-state index in [0.29, 0.717) is 0 Å². The molecule has 6 heteroatoms. The van der Waals surface area contributed by atoms with Crippen LogP contribution in [-0.2, 0) is 4.79 Å². The largest absolute Gasteiger partial charge is 0.481 e. The summed E-state index contributed by atoms with van der Waals surface area (Å²) in [7, 11) is 0. The Morgan fingerprint density at radius 3 is 2.67 bits per heavy atom. The summed E-state index contributed by atoms with van der Waals surface area (Å²) in [4.78, 5) is 10.9. The van der Waals surface area contributed by atoms with Crippen molar-refractivity contribution < 1.29 is 9.90 Å².